The molecule has 3 aromatic carbocycles. The highest BCUT2D eigenvalue weighted by molar-refractivity contribution is 7.92. The first kappa shape index (κ1) is 28.9. The Balaban J connectivity index is 1.46. The van der Waals surface area contributed by atoms with Crippen molar-refractivity contribution in [3.63, 3.8) is 0 Å². The van der Waals surface area contributed by atoms with Gasteiger partial charge < -0.3 is 9.64 Å². The lowest BCUT2D eigenvalue weighted by Gasteiger charge is -2.35. The molecule has 0 radical (unpaired) electrons. The zero-order chi connectivity index (χ0) is 28.9. The number of allylic oxidation sites excluding steroid dienone is 1. The van der Waals surface area contributed by atoms with Gasteiger partial charge in [-0.05, 0) is 44.0 Å². The van der Waals surface area contributed by atoms with Crippen molar-refractivity contribution in [1.82, 2.24) is 9.80 Å². The molecule has 0 unspecified atom stereocenters. The maximum atomic E-state index is 14.0. The number of ether oxygens (including phenoxy) is 1. The third-order valence-electron chi connectivity index (χ3n) is 6.59. The van der Waals surface area contributed by atoms with Gasteiger partial charge in [0.15, 0.2) is 0 Å². The normalized spacial score (nSPS) is 14.3. The van der Waals surface area contributed by atoms with Crippen LogP contribution < -0.4 is 9.46 Å². The molecule has 1 saturated heterocycles. The third-order valence-corrected chi connectivity index (χ3v) is 7.98. The van der Waals surface area contributed by atoms with Crippen LogP contribution in [-0.2, 0) is 16.6 Å². The first-order valence-electron chi connectivity index (χ1n) is 12.6. The van der Waals surface area contributed by atoms with E-state index in [2.05, 4.69) is 16.4 Å². The standard InChI is InChI=1S/C29H30F2N4O4S/c1-4-6-20-7-5-8-27(28(20)32-2)40(37,38)33-25-12-10-21(17-26(25)39-3)29(36)35-15-13-34(14-16-35)19-22-9-11-23(30)18-24(22)31/h4-12,17-18,33H,2,13-16,19H2,1,3H3/b6-4-. The fourth-order valence-corrected chi connectivity index (χ4v) is 5.79. The largest absolute Gasteiger partial charge is 0.495 e. The van der Waals surface area contributed by atoms with E-state index < -0.39 is 21.7 Å². The maximum absolute atomic E-state index is 14.0. The van der Waals surface area contributed by atoms with E-state index in [9.17, 15) is 22.0 Å². The summed E-state index contributed by atoms with van der Waals surface area (Å²) >= 11 is 0. The molecule has 1 N–H and O–H groups in total. The van der Waals surface area contributed by atoms with Crippen LogP contribution in [0.5, 0.6) is 5.75 Å². The summed E-state index contributed by atoms with van der Waals surface area (Å²) in [6, 6.07) is 12.8. The molecule has 210 valence electrons. The number of nitrogens with zero attached hydrogens (tertiary/aromatic N) is 3. The number of rotatable bonds is 9. The van der Waals surface area contributed by atoms with Gasteiger partial charge in [0.25, 0.3) is 15.9 Å². The van der Waals surface area contributed by atoms with Crippen molar-refractivity contribution in [1.29, 1.82) is 0 Å². The number of carbonyl (C=O) groups is 1. The van der Waals surface area contributed by atoms with E-state index in [-0.39, 0.29) is 27.9 Å². The minimum absolute atomic E-state index is 0.0429. The number of hydrogen-bond donors (Lipinski definition) is 1. The van der Waals surface area contributed by atoms with E-state index in [1.165, 1.54) is 43.5 Å². The zero-order valence-electron chi connectivity index (χ0n) is 22.2. The Morgan fingerprint density at radius 1 is 1.10 bits per heavy atom. The molecule has 0 aromatic heterocycles. The van der Waals surface area contributed by atoms with Gasteiger partial charge in [-0.25, -0.2) is 17.2 Å². The number of piperazine rings is 1. The second-order valence-corrected chi connectivity index (χ2v) is 10.8. The van der Waals surface area contributed by atoms with Crippen molar-refractivity contribution < 1.29 is 26.7 Å². The van der Waals surface area contributed by atoms with Crippen molar-refractivity contribution >= 4 is 40.1 Å². The number of carbonyl (C=O) groups excluding carboxylic acids is 1. The molecular formula is C29H30F2N4O4S. The van der Waals surface area contributed by atoms with Crippen LogP contribution in [0.1, 0.15) is 28.4 Å². The molecule has 8 nitrogen and oxygen atoms in total. The Labute approximate surface area is 232 Å². The minimum atomic E-state index is -4.07. The van der Waals surface area contributed by atoms with Crippen molar-refractivity contribution in [2.75, 3.05) is 38.0 Å². The molecule has 1 heterocycles. The van der Waals surface area contributed by atoms with E-state index in [1.54, 1.807) is 29.2 Å². The highest BCUT2D eigenvalue weighted by Gasteiger charge is 2.25. The summed E-state index contributed by atoms with van der Waals surface area (Å²) in [7, 11) is -2.68. The van der Waals surface area contributed by atoms with Crippen LogP contribution >= 0.6 is 0 Å². The molecule has 3 aromatic rings. The van der Waals surface area contributed by atoms with Gasteiger partial charge in [0, 0.05) is 55.5 Å². The predicted molar refractivity (Wildman–Crippen MR) is 152 cm³/mol. The van der Waals surface area contributed by atoms with Gasteiger partial charge >= 0.3 is 0 Å². The van der Waals surface area contributed by atoms with E-state index in [0.717, 1.165) is 6.07 Å². The van der Waals surface area contributed by atoms with Crippen LogP contribution in [0.3, 0.4) is 0 Å². The summed E-state index contributed by atoms with van der Waals surface area (Å²) < 4.78 is 61.7. The summed E-state index contributed by atoms with van der Waals surface area (Å²) in [5.74, 6) is -1.28. The van der Waals surface area contributed by atoms with Crippen molar-refractivity contribution in [2.24, 2.45) is 4.99 Å². The van der Waals surface area contributed by atoms with Gasteiger partial charge in [0.1, 0.15) is 22.3 Å². The number of para-hydroxylation sites is 1. The van der Waals surface area contributed by atoms with Gasteiger partial charge in [-0.1, -0.05) is 30.4 Å². The number of methoxy groups -OCH3 is 1. The van der Waals surface area contributed by atoms with E-state index >= 15 is 0 Å². The molecule has 0 saturated carbocycles. The topological polar surface area (TPSA) is 91.3 Å². The van der Waals surface area contributed by atoms with Crippen molar-refractivity contribution in [3.05, 3.63) is 89.0 Å². The molecule has 0 spiro atoms. The molecule has 1 aliphatic heterocycles. The molecule has 4 rings (SSSR count). The number of anilines is 1. The third kappa shape index (κ3) is 6.37. The number of nitrogens with one attached hydrogen (secondary N) is 1. The molecule has 11 heteroatoms. The summed E-state index contributed by atoms with van der Waals surface area (Å²) in [6.45, 7) is 7.52. The van der Waals surface area contributed by atoms with Gasteiger partial charge in [-0.2, -0.15) is 0 Å². The number of sulfonamides is 1. The zero-order valence-corrected chi connectivity index (χ0v) is 23.0. The second-order valence-electron chi connectivity index (χ2n) is 9.18. The molecule has 0 bridgehead atoms. The van der Waals surface area contributed by atoms with Crippen LogP contribution in [0.15, 0.2) is 70.6 Å². The maximum Gasteiger partial charge on any atom is 0.264 e. The quantitative estimate of drug-likeness (QED) is 0.363. The summed E-state index contributed by atoms with van der Waals surface area (Å²) in [5, 5.41) is 0. The highest BCUT2D eigenvalue weighted by atomic mass is 32.2. The molecule has 0 aliphatic carbocycles. The lowest BCUT2D eigenvalue weighted by Crippen LogP contribution is -2.48. The Morgan fingerprint density at radius 2 is 1.85 bits per heavy atom. The number of hydrogen-bond acceptors (Lipinski definition) is 6. The van der Waals surface area contributed by atoms with Gasteiger partial charge in [0.2, 0.25) is 0 Å². The molecule has 1 aliphatic rings. The number of aliphatic imine (C=N–C) groups is 1. The summed E-state index contributed by atoms with van der Waals surface area (Å²) in [6.07, 6.45) is 3.52. The molecule has 1 fully saturated rings. The fourth-order valence-electron chi connectivity index (χ4n) is 4.53. The van der Waals surface area contributed by atoms with Crippen molar-refractivity contribution in [3.8, 4) is 5.75 Å². The minimum Gasteiger partial charge on any atom is -0.495 e. The molecule has 40 heavy (non-hydrogen) atoms. The van der Waals surface area contributed by atoms with E-state index in [1.807, 2.05) is 11.8 Å². The smallest absolute Gasteiger partial charge is 0.264 e. The first-order valence-corrected chi connectivity index (χ1v) is 14.0. The van der Waals surface area contributed by atoms with Gasteiger partial charge in [-0.3, -0.25) is 19.4 Å². The SMILES string of the molecule is C=Nc1c(/C=C\C)cccc1S(=O)(=O)Nc1ccc(C(=O)N2CCN(Cc3ccc(F)cc3F)CC2)cc1OC. The summed E-state index contributed by atoms with van der Waals surface area (Å²) in [4.78, 5) is 20.8. The Morgan fingerprint density at radius 3 is 2.50 bits per heavy atom. The fraction of sp³-hybridized carbons (Fsp3) is 0.241. The lowest BCUT2D eigenvalue weighted by molar-refractivity contribution is 0.0626. The van der Waals surface area contributed by atoms with Crippen molar-refractivity contribution in [2.45, 2.75) is 18.4 Å². The average molecular weight is 569 g/mol. The monoisotopic (exact) mass is 568 g/mol. The second kappa shape index (κ2) is 12.4. The Kier molecular flexibility index (Phi) is 8.96. The van der Waals surface area contributed by atoms with E-state index in [0.29, 0.717) is 49.4 Å². The Bertz CT molecular complexity index is 1550. The van der Waals surface area contributed by atoms with Crippen LogP contribution in [0, 0.1) is 11.6 Å². The van der Waals surface area contributed by atoms with Gasteiger partial charge in [0.05, 0.1) is 18.5 Å². The number of halogens is 2. The first-order chi connectivity index (χ1) is 19.2. The van der Waals surface area contributed by atoms with Crippen LogP contribution in [-0.4, -0.2) is 64.1 Å². The average Bonchev–Trinajstić information content (AvgIpc) is 2.94. The molecule has 0 atom stereocenters. The van der Waals surface area contributed by atoms with Gasteiger partial charge in [-0.15, -0.1) is 0 Å². The summed E-state index contributed by atoms with van der Waals surface area (Å²) in [5.41, 5.74) is 1.72. The van der Waals surface area contributed by atoms with E-state index in [4.69, 9.17) is 4.74 Å². The Hall–Kier alpha value is -4.09. The number of benzene rings is 3. The predicted octanol–water partition coefficient (Wildman–Crippen LogP) is 5.10. The lowest BCUT2D eigenvalue weighted by atomic mass is 10.1. The molecule has 1 amide bonds. The van der Waals surface area contributed by atoms with Crippen LogP contribution in [0.25, 0.3) is 6.08 Å². The van der Waals surface area contributed by atoms with Crippen LogP contribution in [0.2, 0.25) is 0 Å². The van der Waals surface area contributed by atoms with Crippen LogP contribution in [0.4, 0.5) is 20.2 Å². The number of amides is 1. The highest BCUT2D eigenvalue weighted by Crippen LogP contribution is 2.33. The molecular weight excluding hydrogens is 538 g/mol.